The molecule has 25 heavy (non-hydrogen) atoms. The van der Waals surface area contributed by atoms with E-state index < -0.39 is 0 Å². The standard InChI is InChI=1S/C22H14N2O/c1-2-7-16(8-3-1)20-14-23-22(25-20)19-13-12-17-11-10-15-6-4-5-9-18(15)21(17)24-19/h1-14H. The van der Waals surface area contributed by atoms with Crippen LogP contribution in [-0.2, 0) is 0 Å². The summed E-state index contributed by atoms with van der Waals surface area (Å²) in [6.45, 7) is 0. The Morgan fingerprint density at radius 2 is 1.44 bits per heavy atom. The van der Waals surface area contributed by atoms with Gasteiger partial charge in [0.15, 0.2) is 5.76 Å². The maximum absolute atomic E-state index is 5.94. The molecule has 0 saturated heterocycles. The highest BCUT2D eigenvalue weighted by Crippen LogP contribution is 2.29. The molecule has 5 aromatic rings. The Morgan fingerprint density at radius 1 is 0.680 bits per heavy atom. The van der Waals surface area contributed by atoms with E-state index in [-0.39, 0.29) is 0 Å². The molecule has 118 valence electrons. The number of rotatable bonds is 2. The average Bonchev–Trinajstić information content (AvgIpc) is 3.18. The number of hydrogen-bond acceptors (Lipinski definition) is 3. The molecule has 2 heterocycles. The molecule has 0 aliphatic heterocycles. The van der Waals surface area contributed by atoms with Crippen LogP contribution < -0.4 is 0 Å². The SMILES string of the molecule is c1ccc(-c2cnc(-c3ccc4ccc5ccccc5c4n3)o2)cc1. The van der Waals surface area contributed by atoms with Crippen LogP contribution in [0.25, 0.3) is 44.6 Å². The predicted molar refractivity (Wildman–Crippen MR) is 100 cm³/mol. The Kier molecular flexibility index (Phi) is 3.10. The third-order valence-corrected chi connectivity index (χ3v) is 4.37. The zero-order valence-corrected chi connectivity index (χ0v) is 13.4. The lowest BCUT2D eigenvalue weighted by molar-refractivity contribution is 0.586. The van der Waals surface area contributed by atoms with Gasteiger partial charge < -0.3 is 4.42 Å². The minimum atomic E-state index is 0.536. The van der Waals surface area contributed by atoms with Crippen LogP contribution in [-0.4, -0.2) is 9.97 Å². The quantitative estimate of drug-likeness (QED) is 0.391. The van der Waals surface area contributed by atoms with Crippen molar-refractivity contribution in [3.05, 3.63) is 85.1 Å². The van der Waals surface area contributed by atoms with Crippen LogP contribution in [0.15, 0.2) is 89.5 Å². The summed E-state index contributed by atoms with van der Waals surface area (Å²) in [5.74, 6) is 1.28. The second kappa shape index (κ2) is 5.56. The van der Waals surface area contributed by atoms with Gasteiger partial charge in [0.1, 0.15) is 5.69 Å². The smallest absolute Gasteiger partial charge is 0.245 e. The lowest BCUT2D eigenvalue weighted by atomic mass is 10.1. The highest BCUT2D eigenvalue weighted by atomic mass is 16.4. The van der Waals surface area contributed by atoms with Crippen LogP contribution in [0.5, 0.6) is 0 Å². The first-order valence-corrected chi connectivity index (χ1v) is 8.19. The normalized spacial score (nSPS) is 11.2. The van der Waals surface area contributed by atoms with Crippen molar-refractivity contribution in [3.8, 4) is 22.9 Å². The molecule has 0 amide bonds. The van der Waals surface area contributed by atoms with Crippen molar-refractivity contribution in [2.45, 2.75) is 0 Å². The Hall–Kier alpha value is -3.46. The van der Waals surface area contributed by atoms with E-state index in [1.807, 2.05) is 48.5 Å². The second-order valence-corrected chi connectivity index (χ2v) is 5.95. The van der Waals surface area contributed by atoms with Crippen LogP contribution in [0.3, 0.4) is 0 Å². The summed E-state index contributed by atoms with van der Waals surface area (Å²) in [6, 6.07) is 26.5. The van der Waals surface area contributed by atoms with E-state index in [2.05, 4.69) is 35.3 Å². The second-order valence-electron chi connectivity index (χ2n) is 5.95. The fraction of sp³-hybridized carbons (Fsp3) is 0. The first-order chi connectivity index (χ1) is 12.4. The summed E-state index contributed by atoms with van der Waals surface area (Å²) >= 11 is 0. The van der Waals surface area contributed by atoms with E-state index in [4.69, 9.17) is 9.40 Å². The molecular formula is C22H14N2O. The fourth-order valence-corrected chi connectivity index (χ4v) is 3.11. The number of benzene rings is 3. The van der Waals surface area contributed by atoms with Gasteiger partial charge in [0, 0.05) is 16.3 Å². The van der Waals surface area contributed by atoms with Crippen LogP contribution in [0.4, 0.5) is 0 Å². The Morgan fingerprint density at radius 3 is 2.36 bits per heavy atom. The molecule has 3 heteroatoms. The summed E-state index contributed by atoms with van der Waals surface area (Å²) in [4.78, 5) is 9.24. The molecule has 0 saturated carbocycles. The number of pyridine rings is 1. The minimum absolute atomic E-state index is 0.536. The van der Waals surface area contributed by atoms with E-state index in [0.29, 0.717) is 5.89 Å². The van der Waals surface area contributed by atoms with Gasteiger partial charge in [0.25, 0.3) is 0 Å². The molecule has 0 bridgehead atoms. The van der Waals surface area contributed by atoms with E-state index in [0.717, 1.165) is 33.3 Å². The third kappa shape index (κ3) is 2.37. The molecule has 0 N–H and O–H groups in total. The van der Waals surface area contributed by atoms with E-state index >= 15 is 0 Å². The molecule has 0 aliphatic carbocycles. The van der Waals surface area contributed by atoms with Gasteiger partial charge >= 0.3 is 0 Å². The summed E-state index contributed by atoms with van der Waals surface area (Å²) in [5.41, 5.74) is 2.72. The Balaban J connectivity index is 1.66. The monoisotopic (exact) mass is 322 g/mol. The average molecular weight is 322 g/mol. The highest BCUT2D eigenvalue weighted by molar-refractivity contribution is 6.05. The van der Waals surface area contributed by atoms with Crippen LogP contribution in [0.1, 0.15) is 0 Å². The molecule has 3 aromatic carbocycles. The van der Waals surface area contributed by atoms with Gasteiger partial charge in [-0.25, -0.2) is 9.97 Å². The highest BCUT2D eigenvalue weighted by Gasteiger charge is 2.11. The van der Waals surface area contributed by atoms with Crippen molar-refractivity contribution in [2.75, 3.05) is 0 Å². The number of aromatic nitrogens is 2. The Bertz CT molecular complexity index is 1190. The maximum atomic E-state index is 5.94. The molecule has 0 atom stereocenters. The van der Waals surface area contributed by atoms with Crippen molar-refractivity contribution in [3.63, 3.8) is 0 Å². The molecule has 0 radical (unpaired) electrons. The Labute approximate surface area is 144 Å². The molecule has 0 unspecified atom stereocenters. The number of fused-ring (bicyclic) bond motifs is 3. The van der Waals surface area contributed by atoms with Crippen molar-refractivity contribution in [1.82, 2.24) is 9.97 Å². The molecule has 0 fully saturated rings. The van der Waals surface area contributed by atoms with E-state index in [9.17, 15) is 0 Å². The molecule has 3 nitrogen and oxygen atoms in total. The van der Waals surface area contributed by atoms with Gasteiger partial charge in [-0.05, 0) is 11.5 Å². The van der Waals surface area contributed by atoms with Crippen LogP contribution in [0, 0.1) is 0 Å². The predicted octanol–water partition coefficient (Wildman–Crippen LogP) is 5.71. The maximum Gasteiger partial charge on any atom is 0.245 e. The van der Waals surface area contributed by atoms with Crippen LogP contribution in [0.2, 0.25) is 0 Å². The number of hydrogen-bond donors (Lipinski definition) is 0. The largest absolute Gasteiger partial charge is 0.435 e. The molecule has 2 aromatic heterocycles. The summed E-state index contributed by atoms with van der Waals surface area (Å²) < 4.78 is 5.94. The summed E-state index contributed by atoms with van der Waals surface area (Å²) in [6.07, 6.45) is 1.75. The topological polar surface area (TPSA) is 38.9 Å². The lowest BCUT2D eigenvalue weighted by Gasteiger charge is -2.04. The fourth-order valence-electron chi connectivity index (χ4n) is 3.11. The van der Waals surface area contributed by atoms with Gasteiger partial charge in [-0.15, -0.1) is 0 Å². The minimum Gasteiger partial charge on any atom is -0.435 e. The van der Waals surface area contributed by atoms with Gasteiger partial charge in [-0.3, -0.25) is 0 Å². The zero-order chi connectivity index (χ0) is 16.6. The van der Waals surface area contributed by atoms with Gasteiger partial charge in [0.2, 0.25) is 5.89 Å². The van der Waals surface area contributed by atoms with E-state index in [1.165, 1.54) is 5.39 Å². The molecule has 0 spiro atoms. The zero-order valence-electron chi connectivity index (χ0n) is 13.4. The van der Waals surface area contributed by atoms with Gasteiger partial charge in [0.05, 0.1) is 11.7 Å². The first kappa shape index (κ1) is 13.9. The number of nitrogens with zero attached hydrogens (tertiary/aromatic N) is 2. The molecule has 0 aliphatic rings. The van der Waals surface area contributed by atoms with E-state index in [1.54, 1.807) is 6.20 Å². The lowest BCUT2D eigenvalue weighted by Crippen LogP contribution is -1.86. The van der Waals surface area contributed by atoms with Crippen molar-refractivity contribution >= 4 is 21.7 Å². The third-order valence-electron chi connectivity index (χ3n) is 4.37. The molecular weight excluding hydrogens is 308 g/mol. The summed E-state index contributed by atoms with van der Waals surface area (Å²) in [7, 11) is 0. The first-order valence-electron chi connectivity index (χ1n) is 8.19. The molecule has 5 rings (SSSR count). The van der Waals surface area contributed by atoms with Gasteiger partial charge in [-0.2, -0.15) is 0 Å². The van der Waals surface area contributed by atoms with Crippen LogP contribution >= 0.6 is 0 Å². The van der Waals surface area contributed by atoms with Crippen molar-refractivity contribution in [2.24, 2.45) is 0 Å². The summed E-state index contributed by atoms with van der Waals surface area (Å²) in [5, 5.41) is 3.42. The number of oxazole rings is 1. The van der Waals surface area contributed by atoms with Crippen molar-refractivity contribution < 1.29 is 4.42 Å². The van der Waals surface area contributed by atoms with Crippen molar-refractivity contribution in [1.29, 1.82) is 0 Å². The van der Waals surface area contributed by atoms with Gasteiger partial charge in [-0.1, -0.05) is 72.8 Å².